The predicted octanol–water partition coefficient (Wildman–Crippen LogP) is 3.92. The minimum Gasteiger partial charge on any atom is -0.494 e. The van der Waals surface area contributed by atoms with E-state index in [9.17, 15) is 9.18 Å². The van der Waals surface area contributed by atoms with Crippen LogP contribution in [-0.4, -0.2) is 45.8 Å². The molecule has 2 aromatic carbocycles. The molecule has 0 saturated carbocycles. The number of benzene rings is 2. The van der Waals surface area contributed by atoms with Gasteiger partial charge in [-0.3, -0.25) is 4.79 Å². The molecule has 6 nitrogen and oxygen atoms in total. The first kappa shape index (κ1) is 22.1. The molecule has 0 aliphatic rings. The standard InChI is InChI=1S/C22H26FNO5/c1-6-24(14-16-7-9-18(26-2)17(23)11-16)21(25)10-8-15-12-19(27-3)22(29-5)20(13-15)28-4/h7-13H,6,14H2,1-5H3/b10-8+. The maximum absolute atomic E-state index is 13.9. The molecule has 0 atom stereocenters. The maximum Gasteiger partial charge on any atom is 0.246 e. The first-order valence-electron chi connectivity index (χ1n) is 9.06. The summed E-state index contributed by atoms with van der Waals surface area (Å²) in [5.41, 5.74) is 1.40. The predicted molar refractivity (Wildman–Crippen MR) is 109 cm³/mol. The van der Waals surface area contributed by atoms with Gasteiger partial charge in [0.1, 0.15) is 0 Å². The van der Waals surface area contributed by atoms with Crippen molar-refractivity contribution in [2.45, 2.75) is 13.5 Å². The summed E-state index contributed by atoms with van der Waals surface area (Å²) in [6.07, 6.45) is 3.13. The van der Waals surface area contributed by atoms with Gasteiger partial charge < -0.3 is 23.8 Å². The van der Waals surface area contributed by atoms with E-state index in [0.717, 1.165) is 5.56 Å². The molecule has 0 heterocycles. The number of nitrogens with zero attached hydrogens (tertiary/aromatic N) is 1. The number of hydrogen-bond acceptors (Lipinski definition) is 5. The van der Waals surface area contributed by atoms with Crippen LogP contribution in [0.5, 0.6) is 23.0 Å². The van der Waals surface area contributed by atoms with E-state index < -0.39 is 5.82 Å². The topological polar surface area (TPSA) is 57.2 Å². The Hall–Kier alpha value is -3.22. The number of amides is 1. The molecule has 0 fully saturated rings. The van der Waals surface area contributed by atoms with Crippen LogP contribution in [0.4, 0.5) is 4.39 Å². The molecule has 0 spiro atoms. The van der Waals surface area contributed by atoms with Gasteiger partial charge in [0.05, 0.1) is 28.4 Å². The maximum atomic E-state index is 13.9. The van der Waals surface area contributed by atoms with Crippen molar-refractivity contribution in [1.82, 2.24) is 4.90 Å². The number of halogens is 1. The van der Waals surface area contributed by atoms with E-state index in [1.54, 1.807) is 35.2 Å². The lowest BCUT2D eigenvalue weighted by Crippen LogP contribution is -2.28. The number of ether oxygens (including phenoxy) is 4. The molecule has 0 aliphatic heterocycles. The number of carbonyl (C=O) groups excluding carboxylic acids is 1. The van der Waals surface area contributed by atoms with E-state index in [4.69, 9.17) is 18.9 Å². The summed E-state index contributed by atoms with van der Waals surface area (Å²) >= 11 is 0. The molecule has 29 heavy (non-hydrogen) atoms. The van der Waals surface area contributed by atoms with E-state index in [1.165, 1.54) is 40.6 Å². The van der Waals surface area contributed by atoms with Crippen LogP contribution in [0.2, 0.25) is 0 Å². The van der Waals surface area contributed by atoms with Gasteiger partial charge in [-0.1, -0.05) is 6.07 Å². The molecule has 0 aliphatic carbocycles. The molecule has 1 amide bonds. The second kappa shape index (κ2) is 10.4. The lowest BCUT2D eigenvalue weighted by molar-refractivity contribution is -0.126. The van der Waals surface area contributed by atoms with Crippen molar-refractivity contribution in [2.75, 3.05) is 35.0 Å². The summed E-state index contributed by atoms with van der Waals surface area (Å²) < 4.78 is 34.8. The molecule has 0 radical (unpaired) electrons. The van der Waals surface area contributed by atoms with Crippen LogP contribution in [0, 0.1) is 5.82 Å². The fourth-order valence-corrected chi connectivity index (χ4v) is 2.84. The van der Waals surface area contributed by atoms with E-state index in [1.807, 2.05) is 6.92 Å². The van der Waals surface area contributed by atoms with Crippen LogP contribution in [0.15, 0.2) is 36.4 Å². The molecule has 0 N–H and O–H groups in total. The first-order chi connectivity index (χ1) is 14.0. The summed E-state index contributed by atoms with van der Waals surface area (Å²) in [4.78, 5) is 14.2. The Morgan fingerprint density at radius 1 is 0.966 bits per heavy atom. The van der Waals surface area contributed by atoms with E-state index in [0.29, 0.717) is 29.4 Å². The fraction of sp³-hybridized carbons (Fsp3) is 0.318. The smallest absolute Gasteiger partial charge is 0.246 e. The molecule has 0 saturated heterocycles. The van der Waals surface area contributed by atoms with Gasteiger partial charge in [0.25, 0.3) is 0 Å². The molecule has 0 aromatic heterocycles. The number of hydrogen-bond donors (Lipinski definition) is 0. The number of carbonyl (C=O) groups is 1. The van der Waals surface area contributed by atoms with Crippen molar-refractivity contribution in [1.29, 1.82) is 0 Å². The third kappa shape index (κ3) is 5.40. The van der Waals surface area contributed by atoms with E-state index in [-0.39, 0.29) is 18.2 Å². The number of rotatable bonds is 9. The van der Waals surface area contributed by atoms with Crippen molar-refractivity contribution in [3.63, 3.8) is 0 Å². The number of likely N-dealkylation sites (N-methyl/N-ethyl adjacent to an activating group) is 1. The van der Waals surface area contributed by atoms with Gasteiger partial charge in [0, 0.05) is 19.2 Å². The van der Waals surface area contributed by atoms with Crippen LogP contribution in [0.3, 0.4) is 0 Å². The summed E-state index contributed by atoms with van der Waals surface area (Å²) in [7, 11) is 6.00. The molecule has 2 rings (SSSR count). The summed E-state index contributed by atoms with van der Waals surface area (Å²) in [5, 5.41) is 0. The van der Waals surface area contributed by atoms with Crippen LogP contribution in [0.1, 0.15) is 18.1 Å². The Labute approximate surface area is 170 Å². The van der Waals surface area contributed by atoms with Crippen molar-refractivity contribution in [3.8, 4) is 23.0 Å². The van der Waals surface area contributed by atoms with Crippen LogP contribution in [-0.2, 0) is 11.3 Å². The highest BCUT2D eigenvalue weighted by molar-refractivity contribution is 5.92. The zero-order valence-electron chi connectivity index (χ0n) is 17.3. The summed E-state index contributed by atoms with van der Waals surface area (Å²) in [5.74, 6) is 1.000. The lowest BCUT2D eigenvalue weighted by Gasteiger charge is -2.19. The second-order valence-corrected chi connectivity index (χ2v) is 6.11. The lowest BCUT2D eigenvalue weighted by atomic mass is 10.1. The quantitative estimate of drug-likeness (QED) is 0.594. The monoisotopic (exact) mass is 403 g/mol. The molecular formula is C22H26FNO5. The minimum atomic E-state index is -0.457. The van der Waals surface area contributed by atoms with Crippen molar-refractivity contribution in [2.24, 2.45) is 0 Å². The summed E-state index contributed by atoms with van der Waals surface area (Å²) in [6, 6.07) is 8.16. The van der Waals surface area contributed by atoms with Crippen molar-refractivity contribution >= 4 is 12.0 Å². The van der Waals surface area contributed by atoms with E-state index >= 15 is 0 Å². The van der Waals surface area contributed by atoms with Crippen LogP contribution in [0.25, 0.3) is 6.08 Å². The molecular weight excluding hydrogens is 377 g/mol. The third-order valence-electron chi connectivity index (χ3n) is 4.39. The number of methoxy groups -OCH3 is 4. The van der Waals surface area contributed by atoms with Gasteiger partial charge in [0.15, 0.2) is 23.1 Å². The summed E-state index contributed by atoms with van der Waals surface area (Å²) in [6.45, 7) is 2.63. The average Bonchev–Trinajstić information content (AvgIpc) is 2.74. The van der Waals surface area contributed by atoms with Gasteiger partial charge in [-0.25, -0.2) is 4.39 Å². The zero-order valence-corrected chi connectivity index (χ0v) is 17.3. The zero-order chi connectivity index (χ0) is 21.4. The Morgan fingerprint density at radius 2 is 1.59 bits per heavy atom. The first-order valence-corrected chi connectivity index (χ1v) is 9.06. The van der Waals surface area contributed by atoms with Gasteiger partial charge in [-0.15, -0.1) is 0 Å². The third-order valence-corrected chi connectivity index (χ3v) is 4.39. The Balaban J connectivity index is 2.18. The largest absolute Gasteiger partial charge is 0.494 e. The molecule has 0 unspecified atom stereocenters. The molecule has 7 heteroatoms. The normalized spacial score (nSPS) is 10.7. The highest BCUT2D eigenvalue weighted by Gasteiger charge is 2.14. The Bertz CT molecular complexity index is 856. The fourth-order valence-electron chi connectivity index (χ4n) is 2.84. The van der Waals surface area contributed by atoms with Crippen LogP contribution >= 0.6 is 0 Å². The second-order valence-electron chi connectivity index (χ2n) is 6.11. The Morgan fingerprint density at radius 3 is 2.07 bits per heavy atom. The van der Waals surface area contributed by atoms with Crippen LogP contribution < -0.4 is 18.9 Å². The minimum absolute atomic E-state index is 0.172. The highest BCUT2D eigenvalue weighted by atomic mass is 19.1. The molecule has 2 aromatic rings. The highest BCUT2D eigenvalue weighted by Crippen LogP contribution is 2.38. The van der Waals surface area contributed by atoms with E-state index in [2.05, 4.69) is 0 Å². The average molecular weight is 403 g/mol. The van der Waals surface area contributed by atoms with Gasteiger partial charge in [0.2, 0.25) is 11.7 Å². The SMILES string of the molecule is CCN(Cc1ccc(OC)c(F)c1)C(=O)/C=C/c1cc(OC)c(OC)c(OC)c1. The molecule has 0 bridgehead atoms. The van der Waals surface area contributed by atoms with Gasteiger partial charge in [-0.2, -0.15) is 0 Å². The molecule has 156 valence electrons. The van der Waals surface area contributed by atoms with Gasteiger partial charge in [-0.05, 0) is 48.4 Å². The van der Waals surface area contributed by atoms with Gasteiger partial charge >= 0.3 is 0 Å². The Kier molecular flexibility index (Phi) is 7.88. The van der Waals surface area contributed by atoms with Crippen molar-refractivity contribution in [3.05, 3.63) is 53.4 Å². The van der Waals surface area contributed by atoms with Crippen molar-refractivity contribution < 1.29 is 28.1 Å².